The van der Waals surface area contributed by atoms with E-state index in [1.165, 1.54) is 0 Å². The first-order chi connectivity index (χ1) is 8.25. The van der Waals surface area contributed by atoms with Crippen molar-refractivity contribution in [3.8, 4) is 5.88 Å². The van der Waals surface area contributed by atoms with E-state index < -0.39 is 0 Å². The second-order valence-electron chi connectivity index (χ2n) is 5.17. The monoisotopic (exact) mass is 267 g/mol. The van der Waals surface area contributed by atoms with Crippen molar-refractivity contribution in [2.45, 2.75) is 26.3 Å². The van der Waals surface area contributed by atoms with Crippen LogP contribution in [0.4, 0.5) is 0 Å². The Morgan fingerprint density at radius 3 is 2.61 bits per heavy atom. The fourth-order valence-corrected chi connectivity index (χ4v) is 1.56. The van der Waals surface area contributed by atoms with Gasteiger partial charge in [0.05, 0.1) is 5.56 Å². The van der Waals surface area contributed by atoms with Gasteiger partial charge in [-0.3, -0.25) is 0 Å². The van der Waals surface area contributed by atoms with E-state index in [1.54, 1.807) is 6.20 Å². The number of aryl methyl sites for hydroxylation is 1. The highest BCUT2D eigenvalue weighted by atomic mass is 32.1. The number of nitrogens with two attached hydrogens (primary N) is 1. The summed E-state index contributed by atoms with van der Waals surface area (Å²) < 4.78 is 5.79. The van der Waals surface area contributed by atoms with Gasteiger partial charge < -0.3 is 15.4 Å². The molecule has 0 bridgehead atoms. The first-order valence-corrected chi connectivity index (χ1v) is 6.22. The predicted molar refractivity (Wildman–Crippen MR) is 78.1 cm³/mol. The van der Waals surface area contributed by atoms with Crippen LogP contribution in [-0.2, 0) is 0 Å². The number of hydrogen-bond acceptors (Lipinski definition) is 4. The summed E-state index contributed by atoms with van der Waals surface area (Å²) in [6, 6.07) is 1.87. The minimum atomic E-state index is -0.0844. The number of rotatable bonds is 5. The molecule has 5 heteroatoms. The highest BCUT2D eigenvalue weighted by Crippen LogP contribution is 2.21. The van der Waals surface area contributed by atoms with Crippen LogP contribution in [0.1, 0.15) is 25.0 Å². The molecule has 0 amide bonds. The predicted octanol–water partition coefficient (Wildman–Crippen LogP) is 1.74. The molecule has 18 heavy (non-hydrogen) atoms. The lowest BCUT2D eigenvalue weighted by molar-refractivity contribution is 0.111. The van der Waals surface area contributed by atoms with Crippen LogP contribution < -0.4 is 10.5 Å². The molecule has 2 N–H and O–H groups in total. The number of aromatic nitrogens is 1. The van der Waals surface area contributed by atoms with Crippen LogP contribution in [-0.4, -0.2) is 41.1 Å². The van der Waals surface area contributed by atoms with Crippen molar-refractivity contribution in [3.63, 3.8) is 0 Å². The molecule has 0 saturated heterocycles. The topological polar surface area (TPSA) is 51.4 Å². The molecule has 0 saturated carbocycles. The van der Waals surface area contributed by atoms with Gasteiger partial charge in [0.15, 0.2) is 0 Å². The van der Waals surface area contributed by atoms with Crippen molar-refractivity contribution in [1.82, 2.24) is 9.88 Å². The Morgan fingerprint density at radius 2 is 2.11 bits per heavy atom. The molecule has 0 aliphatic carbocycles. The smallest absolute Gasteiger partial charge is 0.224 e. The van der Waals surface area contributed by atoms with Gasteiger partial charge >= 0.3 is 0 Å². The van der Waals surface area contributed by atoms with Crippen LogP contribution in [0.15, 0.2) is 12.3 Å². The van der Waals surface area contributed by atoms with E-state index >= 15 is 0 Å². The molecule has 1 aromatic heterocycles. The zero-order chi connectivity index (χ0) is 13.9. The van der Waals surface area contributed by atoms with Crippen LogP contribution in [0, 0.1) is 6.92 Å². The van der Waals surface area contributed by atoms with Crippen molar-refractivity contribution in [1.29, 1.82) is 0 Å². The first-order valence-electron chi connectivity index (χ1n) is 5.81. The molecule has 1 aromatic rings. The number of ether oxygens (including phenoxy) is 1. The highest BCUT2D eigenvalue weighted by molar-refractivity contribution is 7.80. The Labute approximate surface area is 114 Å². The Morgan fingerprint density at radius 1 is 1.50 bits per heavy atom. The van der Waals surface area contributed by atoms with Crippen LogP contribution >= 0.6 is 12.2 Å². The van der Waals surface area contributed by atoms with E-state index in [4.69, 9.17) is 22.7 Å². The Balaban J connectivity index is 2.92. The summed E-state index contributed by atoms with van der Waals surface area (Å²) in [5, 5.41) is 0. The van der Waals surface area contributed by atoms with Crippen LogP contribution in [0.5, 0.6) is 5.88 Å². The lowest BCUT2D eigenvalue weighted by Crippen LogP contribution is -2.43. The van der Waals surface area contributed by atoms with Crippen molar-refractivity contribution < 1.29 is 4.74 Å². The molecule has 0 aliphatic heterocycles. The van der Waals surface area contributed by atoms with Gasteiger partial charge in [0, 0.05) is 11.7 Å². The number of likely N-dealkylation sites (N-methyl/N-ethyl adjacent to an activating group) is 1. The average molecular weight is 267 g/mol. The van der Waals surface area contributed by atoms with Crippen molar-refractivity contribution in [2.24, 2.45) is 5.73 Å². The summed E-state index contributed by atoms with van der Waals surface area (Å²) in [7, 11) is 4.03. The summed E-state index contributed by atoms with van der Waals surface area (Å²) in [6.07, 6.45) is 1.70. The quantitative estimate of drug-likeness (QED) is 0.824. The molecule has 1 heterocycles. The highest BCUT2D eigenvalue weighted by Gasteiger charge is 2.22. The van der Waals surface area contributed by atoms with Gasteiger partial charge in [-0.2, -0.15) is 0 Å². The van der Waals surface area contributed by atoms with E-state index in [0.29, 0.717) is 17.5 Å². The Hall–Kier alpha value is -1.20. The van der Waals surface area contributed by atoms with E-state index in [0.717, 1.165) is 11.1 Å². The SMILES string of the molecule is Cc1ccnc(OCC(C)(C)N(C)C)c1C(N)=S. The molecule has 0 fully saturated rings. The third kappa shape index (κ3) is 3.40. The number of hydrogen-bond donors (Lipinski definition) is 1. The summed E-state index contributed by atoms with van der Waals surface area (Å²) in [5.41, 5.74) is 7.34. The molecule has 0 aliphatic rings. The van der Waals surface area contributed by atoms with Gasteiger partial charge in [-0.05, 0) is 46.5 Å². The summed E-state index contributed by atoms with van der Waals surface area (Å²) in [6.45, 7) is 6.67. The zero-order valence-corrected chi connectivity index (χ0v) is 12.5. The van der Waals surface area contributed by atoms with Crippen molar-refractivity contribution >= 4 is 17.2 Å². The summed E-state index contributed by atoms with van der Waals surface area (Å²) in [4.78, 5) is 6.63. The molecular formula is C13H21N3OS. The molecule has 0 atom stereocenters. The maximum Gasteiger partial charge on any atom is 0.224 e. The van der Waals surface area contributed by atoms with E-state index in [1.807, 2.05) is 27.1 Å². The molecule has 0 unspecified atom stereocenters. The molecule has 100 valence electrons. The minimum absolute atomic E-state index is 0.0844. The number of thiocarbonyl (C=S) groups is 1. The van der Waals surface area contributed by atoms with E-state index in [2.05, 4.69) is 23.7 Å². The van der Waals surface area contributed by atoms with Gasteiger partial charge in [-0.15, -0.1) is 0 Å². The molecule has 1 rings (SSSR count). The van der Waals surface area contributed by atoms with Gasteiger partial charge in [0.25, 0.3) is 0 Å². The largest absolute Gasteiger partial charge is 0.475 e. The maximum absolute atomic E-state index is 5.79. The number of nitrogens with zero attached hydrogens (tertiary/aromatic N) is 2. The Bertz CT molecular complexity index is 444. The summed E-state index contributed by atoms with van der Waals surface area (Å²) in [5.74, 6) is 0.512. The van der Waals surface area contributed by atoms with Crippen molar-refractivity contribution in [2.75, 3.05) is 20.7 Å². The molecule has 0 spiro atoms. The minimum Gasteiger partial charge on any atom is -0.475 e. The first kappa shape index (κ1) is 14.9. The maximum atomic E-state index is 5.79. The lowest BCUT2D eigenvalue weighted by Gasteiger charge is -2.32. The lowest BCUT2D eigenvalue weighted by atomic mass is 10.1. The fourth-order valence-electron chi connectivity index (χ4n) is 1.32. The van der Waals surface area contributed by atoms with E-state index in [-0.39, 0.29) is 5.54 Å². The third-order valence-corrected chi connectivity index (χ3v) is 3.35. The molecule has 0 aromatic carbocycles. The van der Waals surface area contributed by atoms with Crippen molar-refractivity contribution in [3.05, 3.63) is 23.4 Å². The fraction of sp³-hybridized carbons (Fsp3) is 0.538. The van der Waals surface area contributed by atoms with Crippen LogP contribution in [0.25, 0.3) is 0 Å². The third-order valence-electron chi connectivity index (χ3n) is 3.14. The average Bonchev–Trinajstić information content (AvgIpc) is 2.25. The summed E-state index contributed by atoms with van der Waals surface area (Å²) >= 11 is 5.04. The van der Waals surface area contributed by atoms with Crippen LogP contribution in [0.2, 0.25) is 0 Å². The zero-order valence-electron chi connectivity index (χ0n) is 11.7. The second kappa shape index (κ2) is 5.63. The normalized spacial score (nSPS) is 11.7. The van der Waals surface area contributed by atoms with E-state index in [9.17, 15) is 0 Å². The second-order valence-corrected chi connectivity index (χ2v) is 5.61. The number of pyridine rings is 1. The Kier molecular flexibility index (Phi) is 4.65. The van der Waals surface area contributed by atoms with Gasteiger partial charge in [-0.1, -0.05) is 12.2 Å². The van der Waals surface area contributed by atoms with Crippen LogP contribution in [0.3, 0.4) is 0 Å². The van der Waals surface area contributed by atoms with Gasteiger partial charge in [0.1, 0.15) is 11.6 Å². The molecular weight excluding hydrogens is 246 g/mol. The standard InChI is InChI=1S/C13H21N3OS/c1-9-6-7-15-12(10(9)11(14)18)17-8-13(2,3)16(4)5/h6-7H,8H2,1-5H3,(H2,14,18). The molecule has 4 nitrogen and oxygen atoms in total. The van der Waals surface area contributed by atoms with Gasteiger partial charge in [-0.25, -0.2) is 4.98 Å². The van der Waals surface area contributed by atoms with Gasteiger partial charge in [0.2, 0.25) is 5.88 Å². The molecule has 0 radical (unpaired) electrons.